The zero-order valence-corrected chi connectivity index (χ0v) is 17.4. The first kappa shape index (κ1) is 20.2. The van der Waals surface area contributed by atoms with Gasteiger partial charge in [-0.1, -0.05) is 23.8 Å². The standard InChI is InChI=1S/C23H31N3O2/c1-5-28-22-9-7-20(15-23(22)27-4)16-24-26-12-10-25(11-13-26)17-21-8-6-18(2)14-19(21)3/h6-9,14-16H,5,10-13,17H2,1-4H3. The van der Waals surface area contributed by atoms with Gasteiger partial charge >= 0.3 is 0 Å². The van der Waals surface area contributed by atoms with E-state index in [1.54, 1.807) is 7.11 Å². The minimum absolute atomic E-state index is 0.621. The lowest BCUT2D eigenvalue weighted by molar-refractivity contribution is 0.131. The molecule has 0 aliphatic carbocycles. The van der Waals surface area contributed by atoms with E-state index in [1.165, 1.54) is 16.7 Å². The smallest absolute Gasteiger partial charge is 0.161 e. The predicted octanol–water partition coefficient (Wildman–Crippen LogP) is 3.86. The number of aryl methyl sites for hydroxylation is 2. The first-order chi connectivity index (χ1) is 13.6. The number of piperazine rings is 1. The summed E-state index contributed by atoms with van der Waals surface area (Å²) < 4.78 is 11.0. The van der Waals surface area contributed by atoms with Crippen LogP contribution in [0.15, 0.2) is 41.5 Å². The number of nitrogens with zero attached hydrogens (tertiary/aromatic N) is 3. The molecule has 150 valence electrons. The molecule has 5 heteroatoms. The van der Waals surface area contributed by atoms with E-state index in [0.29, 0.717) is 6.61 Å². The SMILES string of the molecule is CCOc1ccc(C=NN2CCN(Cc3ccc(C)cc3C)CC2)cc1OC. The van der Waals surface area contributed by atoms with Crippen LogP contribution in [0.3, 0.4) is 0 Å². The van der Waals surface area contributed by atoms with Gasteiger partial charge in [0.05, 0.1) is 19.9 Å². The summed E-state index contributed by atoms with van der Waals surface area (Å²) in [5, 5.41) is 6.80. The van der Waals surface area contributed by atoms with Crippen molar-refractivity contribution in [2.24, 2.45) is 5.10 Å². The Morgan fingerprint density at radius 1 is 1.00 bits per heavy atom. The predicted molar refractivity (Wildman–Crippen MR) is 115 cm³/mol. The fraction of sp³-hybridized carbons (Fsp3) is 0.435. The van der Waals surface area contributed by atoms with Gasteiger partial charge in [0.15, 0.2) is 11.5 Å². The van der Waals surface area contributed by atoms with Gasteiger partial charge in [-0.3, -0.25) is 9.91 Å². The van der Waals surface area contributed by atoms with E-state index in [2.05, 4.69) is 47.1 Å². The highest BCUT2D eigenvalue weighted by molar-refractivity contribution is 5.80. The molecule has 0 bridgehead atoms. The Hall–Kier alpha value is -2.53. The highest BCUT2D eigenvalue weighted by Crippen LogP contribution is 2.27. The van der Waals surface area contributed by atoms with Crippen LogP contribution in [0.25, 0.3) is 0 Å². The zero-order valence-electron chi connectivity index (χ0n) is 17.4. The maximum absolute atomic E-state index is 5.57. The average Bonchev–Trinajstić information content (AvgIpc) is 2.70. The largest absolute Gasteiger partial charge is 0.493 e. The number of methoxy groups -OCH3 is 1. The van der Waals surface area contributed by atoms with Crippen molar-refractivity contribution in [1.29, 1.82) is 0 Å². The van der Waals surface area contributed by atoms with Gasteiger partial charge in [0, 0.05) is 32.7 Å². The summed E-state index contributed by atoms with van der Waals surface area (Å²) in [6, 6.07) is 12.6. The Kier molecular flexibility index (Phi) is 6.93. The Labute approximate surface area is 168 Å². The average molecular weight is 382 g/mol. The molecule has 5 nitrogen and oxygen atoms in total. The van der Waals surface area contributed by atoms with Crippen molar-refractivity contribution in [2.75, 3.05) is 39.9 Å². The maximum atomic E-state index is 5.57. The summed E-state index contributed by atoms with van der Waals surface area (Å²) in [6.07, 6.45) is 1.90. The second kappa shape index (κ2) is 9.60. The molecule has 0 saturated carbocycles. The van der Waals surface area contributed by atoms with Crippen LogP contribution >= 0.6 is 0 Å². The van der Waals surface area contributed by atoms with Gasteiger partial charge in [0.25, 0.3) is 0 Å². The molecule has 1 heterocycles. The molecule has 0 amide bonds. The molecular weight excluding hydrogens is 350 g/mol. The highest BCUT2D eigenvalue weighted by Gasteiger charge is 2.16. The highest BCUT2D eigenvalue weighted by atomic mass is 16.5. The molecule has 0 unspecified atom stereocenters. The fourth-order valence-corrected chi connectivity index (χ4v) is 3.46. The van der Waals surface area contributed by atoms with E-state index in [9.17, 15) is 0 Å². The summed E-state index contributed by atoms with van der Waals surface area (Å²) >= 11 is 0. The van der Waals surface area contributed by atoms with Crippen LogP contribution in [0.4, 0.5) is 0 Å². The summed E-state index contributed by atoms with van der Waals surface area (Å²) in [6.45, 7) is 11.9. The van der Waals surface area contributed by atoms with Gasteiger partial charge in [0.2, 0.25) is 0 Å². The number of ether oxygens (including phenoxy) is 2. The van der Waals surface area contributed by atoms with Gasteiger partial charge in [0.1, 0.15) is 0 Å². The van der Waals surface area contributed by atoms with E-state index in [0.717, 1.165) is 49.8 Å². The van der Waals surface area contributed by atoms with Crippen LogP contribution in [0.5, 0.6) is 11.5 Å². The lowest BCUT2D eigenvalue weighted by Gasteiger charge is -2.33. The van der Waals surface area contributed by atoms with E-state index in [-0.39, 0.29) is 0 Å². The van der Waals surface area contributed by atoms with Gasteiger partial charge in [-0.15, -0.1) is 0 Å². The molecule has 1 aliphatic heterocycles. The summed E-state index contributed by atoms with van der Waals surface area (Å²) in [5.74, 6) is 1.51. The van der Waals surface area contributed by atoms with Crippen molar-refractivity contribution >= 4 is 6.21 Å². The zero-order chi connectivity index (χ0) is 19.9. The fourth-order valence-electron chi connectivity index (χ4n) is 3.46. The molecule has 0 spiro atoms. The summed E-state index contributed by atoms with van der Waals surface area (Å²) in [5.41, 5.74) is 5.14. The van der Waals surface area contributed by atoms with E-state index in [1.807, 2.05) is 31.3 Å². The minimum Gasteiger partial charge on any atom is -0.493 e. The monoisotopic (exact) mass is 381 g/mol. The van der Waals surface area contributed by atoms with Gasteiger partial charge in [-0.25, -0.2) is 0 Å². The van der Waals surface area contributed by atoms with Crippen molar-refractivity contribution in [3.8, 4) is 11.5 Å². The van der Waals surface area contributed by atoms with Crippen LogP contribution in [-0.2, 0) is 6.54 Å². The normalized spacial score (nSPS) is 15.2. The van der Waals surface area contributed by atoms with Gasteiger partial charge in [-0.05, 0) is 55.7 Å². The van der Waals surface area contributed by atoms with Crippen LogP contribution in [-0.4, -0.2) is 56.0 Å². The molecule has 3 rings (SSSR count). The second-order valence-corrected chi connectivity index (χ2v) is 7.25. The molecule has 2 aromatic rings. The Morgan fingerprint density at radius 2 is 1.79 bits per heavy atom. The van der Waals surface area contributed by atoms with Crippen LogP contribution in [0, 0.1) is 13.8 Å². The number of benzene rings is 2. The third kappa shape index (κ3) is 5.26. The molecule has 0 atom stereocenters. The van der Waals surface area contributed by atoms with Crippen LogP contribution < -0.4 is 9.47 Å². The first-order valence-electron chi connectivity index (χ1n) is 9.97. The lowest BCUT2D eigenvalue weighted by Crippen LogP contribution is -2.43. The van der Waals surface area contributed by atoms with E-state index in [4.69, 9.17) is 9.47 Å². The van der Waals surface area contributed by atoms with E-state index < -0.39 is 0 Å². The minimum atomic E-state index is 0.621. The molecule has 0 N–H and O–H groups in total. The molecular formula is C23H31N3O2. The Morgan fingerprint density at radius 3 is 2.46 bits per heavy atom. The Bertz CT molecular complexity index is 811. The van der Waals surface area contributed by atoms with Crippen molar-refractivity contribution < 1.29 is 9.47 Å². The van der Waals surface area contributed by atoms with E-state index >= 15 is 0 Å². The summed E-state index contributed by atoms with van der Waals surface area (Å²) in [7, 11) is 1.66. The third-order valence-electron chi connectivity index (χ3n) is 5.10. The van der Waals surface area contributed by atoms with Crippen molar-refractivity contribution in [2.45, 2.75) is 27.3 Å². The summed E-state index contributed by atoms with van der Waals surface area (Å²) in [4.78, 5) is 2.50. The first-order valence-corrected chi connectivity index (χ1v) is 9.97. The third-order valence-corrected chi connectivity index (χ3v) is 5.10. The molecule has 1 fully saturated rings. The molecule has 1 aliphatic rings. The second-order valence-electron chi connectivity index (χ2n) is 7.25. The molecule has 1 saturated heterocycles. The van der Waals surface area contributed by atoms with Crippen molar-refractivity contribution in [1.82, 2.24) is 9.91 Å². The number of hydrogen-bond donors (Lipinski definition) is 0. The molecule has 2 aromatic carbocycles. The topological polar surface area (TPSA) is 37.3 Å². The van der Waals surface area contributed by atoms with Gasteiger partial charge in [-0.2, -0.15) is 5.10 Å². The number of hydrogen-bond acceptors (Lipinski definition) is 5. The maximum Gasteiger partial charge on any atom is 0.161 e. The molecule has 0 radical (unpaired) electrons. The molecule has 0 aromatic heterocycles. The van der Waals surface area contributed by atoms with Gasteiger partial charge < -0.3 is 9.47 Å². The Balaban J connectivity index is 1.54. The van der Waals surface area contributed by atoms with Crippen LogP contribution in [0.2, 0.25) is 0 Å². The van der Waals surface area contributed by atoms with Crippen molar-refractivity contribution in [3.63, 3.8) is 0 Å². The number of rotatable bonds is 7. The van der Waals surface area contributed by atoms with Crippen molar-refractivity contribution in [3.05, 3.63) is 58.7 Å². The van der Waals surface area contributed by atoms with Crippen LogP contribution in [0.1, 0.15) is 29.2 Å². The molecule has 28 heavy (non-hydrogen) atoms. The lowest BCUT2D eigenvalue weighted by atomic mass is 10.1. The number of hydrazone groups is 1. The quantitative estimate of drug-likeness (QED) is 0.683.